The number of benzene rings is 3. The van der Waals surface area contributed by atoms with Gasteiger partial charge >= 0.3 is 5.97 Å². The average molecular weight is 617 g/mol. The molecular weight excluding hydrogens is 572 g/mol. The molecule has 2 atom stereocenters. The number of methoxy groups -OCH3 is 1. The molecule has 0 spiro atoms. The Hall–Kier alpha value is -3.77. The topological polar surface area (TPSA) is 69.6 Å². The minimum absolute atomic E-state index is 0.0776. The van der Waals surface area contributed by atoms with E-state index in [1.807, 2.05) is 37.3 Å². The molecule has 1 amide bonds. The van der Waals surface area contributed by atoms with Crippen LogP contribution in [-0.4, -0.2) is 29.7 Å². The molecule has 1 N–H and O–H groups in total. The lowest BCUT2D eigenvalue weighted by atomic mass is 9.86. The highest BCUT2D eigenvalue weighted by atomic mass is 35.5. The predicted molar refractivity (Wildman–Crippen MR) is 179 cm³/mol. The van der Waals surface area contributed by atoms with E-state index < -0.39 is 12.1 Å². The summed E-state index contributed by atoms with van der Waals surface area (Å²) in [5, 5.41) is 4.81. The fourth-order valence-corrected chi connectivity index (χ4v) is 5.81. The highest BCUT2D eigenvalue weighted by molar-refractivity contribution is 6.30. The number of esters is 1. The smallest absolute Gasteiger partial charge is 0.346 e. The monoisotopic (exact) mass is 616 g/mol. The Morgan fingerprint density at radius 3 is 2.25 bits per heavy atom. The van der Waals surface area contributed by atoms with Crippen LogP contribution >= 0.6 is 11.6 Å². The lowest BCUT2D eigenvalue weighted by molar-refractivity contribution is -0.147. The number of halogens is 1. The summed E-state index contributed by atoms with van der Waals surface area (Å²) in [7, 11) is 1.34. The summed E-state index contributed by atoms with van der Waals surface area (Å²) >= 11 is 6.47. The van der Waals surface area contributed by atoms with Crippen LogP contribution in [0.5, 0.6) is 5.75 Å². The maximum Gasteiger partial charge on any atom is 0.346 e. The zero-order chi connectivity index (χ0) is 32.3. The van der Waals surface area contributed by atoms with Crippen LogP contribution in [0.25, 0.3) is 10.9 Å². The zero-order valence-corrected chi connectivity index (χ0v) is 28.1. The number of fused-ring (bicyclic) bond motifs is 1. The molecule has 0 unspecified atom stereocenters. The molecule has 0 radical (unpaired) electrons. The highest BCUT2D eigenvalue weighted by Gasteiger charge is 2.21. The van der Waals surface area contributed by atoms with Crippen LogP contribution in [0.15, 0.2) is 60.7 Å². The third kappa shape index (κ3) is 7.65. The number of ether oxygens (including phenoxy) is 2. The van der Waals surface area contributed by atoms with Crippen LogP contribution in [0, 0.1) is 12.8 Å². The first-order chi connectivity index (χ1) is 20.7. The van der Waals surface area contributed by atoms with Gasteiger partial charge in [0.1, 0.15) is 5.75 Å². The maximum absolute atomic E-state index is 13.5. The molecule has 6 nitrogen and oxygen atoms in total. The van der Waals surface area contributed by atoms with Gasteiger partial charge in [0.25, 0.3) is 5.91 Å². The number of hydrogen-bond donors (Lipinski definition) is 1. The summed E-state index contributed by atoms with van der Waals surface area (Å²) in [6, 6.07) is 19.8. The molecule has 4 rings (SSSR count). The molecule has 1 heterocycles. The van der Waals surface area contributed by atoms with Crippen molar-refractivity contribution >= 4 is 34.4 Å². The van der Waals surface area contributed by atoms with E-state index in [0.29, 0.717) is 28.7 Å². The van der Waals surface area contributed by atoms with Gasteiger partial charge in [-0.05, 0) is 84.7 Å². The fraction of sp³-hybridized carbons (Fsp3) is 0.405. The van der Waals surface area contributed by atoms with Crippen molar-refractivity contribution in [3.8, 4) is 5.75 Å². The number of carbonyl (C=O) groups is 2. The molecule has 1 aromatic heterocycles. The summed E-state index contributed by atoms with van der Waals surface area (Å²) in [5.74, 6) is 0.366. The zero-order valence-electron chi connectivity index (χ0n) is 27.4. The van der Waals surface area contributed by atoms with Crippen molar-refractivity contribution in [2.45, 2.75) is 85.9 Å². The van der Waals surface area contributed by atoms with Crippen molar-refractivity contribution in [3.05, 3.63) is 99.2 Å². The van der Waals surface area contributed by atoms with E-state index in [1.165, 1.54) is 12.7 Å². The van der Waals surface area contributed by atoms with Gasteiger partial charge in [0.2, 0.25) is 0 Å². The lowest BCUT2D eigenvalue weighted by Gasteiger charge is -2.21. The van der Waals surface area contributed by atoms with E-state index >= 15 is 0 Å². The van der Waals surface area contributed by atoms with Gasteiger partial charge in [0.15, 0.2) is 6.10 Å². The van der Waals surface area contributed by atoms with Crippen molar-refractivity contribution in [3.63, 3.8) is 0 Å². The fourth-order valence-electron chi connectivity index (χ4n) is 5.56. The van der Waals surface area contributed by atoms with Crippen molar-refractivity contribution < 1.29 is 19.1 Å². The van der Waals surface area contributed by atoms with Gasteiger partial charge in [0.05, 0.1) is 13.2 Å². The molecule has 44 heavy (non-hydrogen) atoms. The minimum atomic E-state index is -0.754. The summed E-state index contributed by atoms with van der Waals surface area (Å²) < 4.78 is 12.9. The molecule has 0 aliphatic rings. The largest absolute Gasteiger partial charge is 0.479 e. The van der Waals surface area contributed by atoms with Gasteiger partial charge < -0.3 is 19.4 Å². The second-order valence-electron chi connectivity index (χ2n) is 13.1. The number of carbonyl (C=O) groups excluding carboxylic acids is 2. The van der Waals surface area contributed by atoms with Crippen LogP contribution in [0.3, 0.4) is 0 Å². The molecule has 0 saturated heterocycles. The Labute approximate surface area is 266 Å². The van der Waals surface area contributed by atoms with Gasteiger partial charge in [-0.15, -0.1) is 0 Å². The van der Waals surface area contributed by atoms with Gasteiger partial charge in [0, 0.05) is 40.1 Å². The van der Waals surface area contributed by atoms with Crippen LogP contribution in [-0.2, 0) is 27.9 Å². The highest BCUT2D eigenvalue weighted by Crippen LogP contribution is 2.32. The van der Waals surface area contributed by atoms with Crippen molar-refractivity contribution in [1.29, 1.82) is 0 Å². The Bertz CT molecular complexity index is 1650. The average Bonchev–Trinajstić information content (AvgIpc) is 3.20. The predicted octanol–water partition coefficient (Wildman–Crippen LogP) is 8.58. The number of hydrogen-bond acceptors (Lipinski definition) is 4. The van der Waals surface area contributed by atoms with Gasteiger partial charge in [-0.25, -0.2) is 4.79 Å². The Balaban J connectivity index is 1.64. The van der Waals surface area contributed by atoms with E-state index in [0.717, 1.165) is 39.8 Å². The third-order valence-electron chi connectivity index (χ3n) is 8.05. The van der Waals surface area contributed by atoms with Crippen molar-refractivity contribution in [1.82, 2.24) is 9.88 Å². The molecule has 0 fully saturated rings. The summed E-state index contributed by atoms with van der Waals surface area (Å²) in [5.41, 5.74) is 7.33. The third-order valence-corrected chi connectivity index (χ3v) is 8.27. The second-order valence-corrected chi connectivity index (χ2v) is 13.6. The van der Waals surface area contributed by atoms with Crippen molar-refractivity contribution in [2.24, 2.45) is 5.92 Å². The Morgan fingerprint density at radius 1 is 0.955 bits per heavy atom. The van der Waals surface area contributed by atoms with Crippen LogP contribution < -0.4 is 10.1 Å². The molecule has 0 aliphatic heterocycles. The summed E-state index contributed by atoms with van der Waals surface area (Å²) in [4.78, 5) is 25.4. The SMILES string of the molecule is COC(=O)[C@@H](C)Oc1cc(Cl)cc(Cc2c(C)n(CC(C)C)c3cc(C(=O)N[C@@H](C)c4ccc(C(C)(C)C)cc4)ccc23)c1. The number of rotatable bonds is 10. The van der Waals surface area contributed by atoms with Crippen LogP contribution in [0.1, 0.15) is 92.8 Å². The quantitative estimate of drug-likeness (QED) is 0.181. The molecule has 0 saturated carbocycles. The van der Waals surface area contributed by atoms with E-state index in [2.05, 4.69) is 75.7 Å². The lowest BCUT2D eigenvalue weighted by Crippen LogP contribution is -2.26. The molecule has 234 valence electrons. The molecule has 7 heteroatoms. The normalized spacial score (nSPS) is 13.2. The Kier molecular flexibility index (Phi) is 10.1. The molecule has 3 aromatic carbocycles. The van der Waals surface area contributed by atoms with Gasteiger partial charge in [-0.2, -0.15) is 0 Å². The van der Waals surface area contributed by atoms with E-state index in [1.54, 1.807) is 13.0 Å². The summed E-state index contributed by atoms with van der Waals surface area (Å²) in [6.07, 6.45) is -0.138. The molecule has 0 aliphatic carbocycles. The minimum Gasteiger partial charge on any atom is -0.479 e. The molecular formula is C37H45ClN2O4. The van der Waals surface area contributed by atoms with Crippen LogP contribution in [0.4, 0.5) is 0 Å². The standard InChI is InChI=1S/C37H45ClN2O4/c1-22(2)21-40-24(4)33(18-26-16-30(38)20-31(17-26)44-25(5)36(42)43-9)32-15-12-28(19-34(32)40)35(41)39-23(3)27-10-13-29(14-11-27)37(6,7)8/h10-17,19-20,22-23,25H,18,21H2,1-9H3,(H,39,41)/t23-,25+/m0/s1. The number of nitrogens with one attached hydrogen (secondary N) is 1. The first-order valence-corrected chi connectivity index (χ1v) is 15.6. The van der Waals surface area contributed by atoms with Crippen molar-refractivity contribution in [2.75, 3.05) is 7.11 Å². The first kappa shape index (κ1) is 33.1. The van der Waals surface area contributed by atoms with E-state index in [9.17, 15) is 9.59 Å². The first-order valence-electron chi connectivity index (χ1n) is 15.2. The number of amides is 1. The second kappa shape index (κ2) is 13.5. The molecule has 0 bridgehead atoms. The maximum atomic E-state index is 13.5. The van der Waals surface area contributed by atoms with Gasteiger partial charge in [-0.3, -0.25) is 4.79 Å². The number of aromatic nitrogens is 1. The number of nitrogens with zero attached hydrogens (tertiary/aromatic N) is 1. The summed E-state index contributed by atoms with van der Waals surface area (Å²) in [6.45, 7) is 17.6. The van der Waals surface area contributed by atoms with E-state index in [-0.39, 0.29) is 17.4 Å². The van der Waals surface area contributed by atoms with Gasteiger partial charge in [-0.1, -0.05) is 76.6 Å². The Morgan fingerprint density at radius 2 is 1.64 bits per heavy atom. The molecule has 4 aromatic rings. The van der Waals surface area contributed by atoms with E-state index in [4.69, 9.17) is 21.1 Å². The van der Waals surface area contributed by atoms with Crippen LogP contribution in [0.2, 0.25) is 5.02 Å².